The first kappa shape index (κ1) is 13.4. The van der Waals surface area contributed by atoms with E-state index < -0.39 is 0 Å². The van der Waals surface area contributed by atoms with Crippen LogP contribution in [-0.2, 0) is 5.41 Å². The van der Waals surface area contributed by atoms with E-state index in [9.17, 15) is 4.79 Å². The molecule has 0 bridgehead atoms. The van der Waals surface area contributed by atoms with Crippen molar-refractivity contribution in [3.63, 3.8) is 0 Å². The number of thioether (sulfide) groups is 1. The molecule has 1 saturated heterocycles. The molecule has 18 heavy (non-hydrogen) atoms. The van der Waals surface area contributed by atoms with Crippen molar-refractivity contribution in [2.45, 2.75) is 32.6 Å². The molecule has 0 radical (unpaired) electrons. The van der Waals surface area contributed by atoms with Gasteiger partial charge in [-0.2, -0.15) is 11.8 Å². The van der Waals surface area contributed by atoms with Crippen molar-refractivity contribution in [3.05, 3.63) is 11.6 Å². The molecule has 0 atom stereocenters. The molecule has 0 aromatic carbocycles. The number of carbonyl (C=O) groups is 1. The van der Waals surface area contributed by atoms with Gasteiger partial charge in [0.15, 0.2) is 0 Å². The number of nitrogens with zero attached hydrogens (tertiary/aromatic N) is 3. The molecule has 0 unspecified atom stereocenters. The van der Waals surface area contributed by atoms with Crippen LogP contribution in [0.5, 0.6) is 0 Å². The number of hydrogen-bond acceptors (Lipinski definition) is 4. The van der Waals surface area contributed by atoms with Gasteiger partial charge in [-0.25, -0.2) is 4.98 Å². The molecule has 0 spiro atoms. The Balaban J connectivity index is 2.10. The first-order chi connectivity index (χ1) is 8.48. The zero-order chi connectivity index (χ0) is 13.2. The molecule has 1 N–H and O–H groups in total. The van der Waals surface area contributed by atoms with E-state index in [0.717, 1.165) is 36.8 Å². The normalized spacial score (nSPS) is 17.6. The molecular weight excluding hydrogens is 248 g/mol. The SMILES string of the molecule is CC(C)(C)c1nc(C(=O)N2CCCSCC2)n[nH]1. The third kappa shape index (κ3) is 3.04. The number of aromatic nitrogens is 3. The molecule has 0 saturated carbocycles. The fourth-order valence-corrected chi connectivity index (χ4v) is 2.67. The van der Waals surface area contributed by atoms with E-state index >= 15 is 0 Å². The lowest BCUT2D eigenvalue weighted by atomic mass is 9.96. The van der Waals surface area contributed by atoms with Crippen molar-refractivity contribution in [2.24, 2.45) is 0 Å². The van der Waals surface area contributed by atoms with Crippen LogP contribution in [0.2, 0.25) is 0 Å². The number of amides is 1. The molecule has 6 heteroatoms. The summed E-state index contributed by atoms with van der Waals surface area (Å²) in [6.45, 7) is 7.74. The van der Waals surface area contributed by atoms with Crippen LogP contribution in [0.1, 0.15) is 43.6 Å². The van der Waals surface area contributed by atoms with Crippen molar-refractivity contribution in [3.8, 4) is 0 Å². The second kappa shape index (κ2) is 5.30. The predicted octanol–water partition coefficient (Wildman–Crippen LogP) is 1.68. The third-order valence-electron chi connectivity index (χ3n) is 2.90. The van der Waals surface area contributed by atoms with Gasteiger partial charge < -0.3 is 4.90 Å². The number of carbonyl (C=O) groups excluding carboxylic acids is 1. The Hall–Kier alpha value is -1.04. The lowest BCUT2D eigenvalue weighted by Gasteiger charge is -2.17. The van der Waals surface area contributed by atoms with Crippen molar-refractivity contribution < 1.29 is 4.79 Å². The zero-order valence-electron chi connectivity index (χ0n) is 11.2. The Morgan fingerprint density at radius 3 is 2.78 bits per heavy atom. The van der Waals surface area contributed by atoms with E-state index in [-0.39, 0.29) is 11.3 Å². The van der Waals surface area contributed by atoms with E-state index in [1.807, 2.05) is 37.4 Å². The van der Waals surface area contributed by atoms with Crippen LogP contribution in [0, 0.1) is 0 Å². The quantitative estimate of drug-likeness (QED) is 0.842. The van der Waals surface area contributed by atoms with Gasteiger partial charge in [-0.15, -0.1) is 5.10 Å². The van der Waals surface area contributed by atoms with E-state index in [4.69, 9.17) is 0 Å². The summed E-state index contributed by atoms with van der Waals surface area (Å²) in [6, 6.07) is 0. The number of nitrogens with one attached hydrogen (secondary N) is 1. The maximum atomic E-state index is 12.3. The molecule has 1 aliphatic heterocycles. The van der Waals surface area contributed by atoms with Crippen LogP contribution >= 0.6 is 11.8 Å². The van der Waals surface area contributed by atoms with Gasteiger partial charge >= 0.3 is 0 Å². The van der Waals surface area contributed by atoms with Crippen molar-refractivity contribution in [1.82, 2.24) is 20.1 Å². The van der Waals surface area contributed by atoms with Crippen molar-refractivity contribution in [1.29, 1.82) is 0 Å². The average Bonchev–Trinajstić information content (AvgIpc) is 2.65. The van der Waals surface area contributed by atoms with Crippen LogP contribution in [0.4, 0.5) is 0 Å². The highest BCUT2D eigenvalue weighted by Crippen LogP contribution is 2.18. The van der Waals surface area contributed by atoms with Crippen molar-refractivity contribution in [2.75, 3.05) is 24.6 Å². The molecule has 1 fully saturated rings. The summed E-state index contributed by atoms with van der Waals surface area (Å²) in [6.07, 6.45) is 1.05. The minimum absolute atomic E-state index is 0.0516. The van der Waals surface area contributed by atoms with Crippen LogP contribution in [-0.4, -0.2) is 50.6 Å². The second-order valence-electron chi connectivity index (χ2n) is 5.52. The van der Waals surface area contributed by atoms with Crippen LogP contribution in [0.15, 0.2) is 0 Å². The highest BCUT2D eigenvalue weighted by atomic mass is 32.2. The fraction of sp³-hybridized carbons (Fsp3) is 0.750. The van der Waals surface area contributed by atoms with Crippen LogP contribution < -0.4 is 0 Å². The highest BCUT2D eigenvalue weighted by Gasteiger charge is 2.24. The third-order valence-corrected chi connectivity index (χ3v) is 3.95. The smallest absolute Gasteiger partial charge is 0.293 e. The second-order valence-corrected chi connectivity index (χ2v) is 6.74. The number of aromatic amines is 1. The Labute approximate surface area is 112 Å². The molecule has 5 nitrogen and oxygen atoms in total. The topological polar surface area (TPSA) is 61.9 Å². The average molecular weight is 268 g/mol. The molecule has 0 aliphatic carbocycles. The minimum atomic E-state index is -0.111. The van der Waals surface area contributed by atoms with Crippen LogP contribution in [0.25, 0.3) is 0 Å². The first-order valence-electron chi connectivity index (χ1n) is 6.28. The van der Waals surface area contributed by atoms with Gasteiger partial charge in [0.05, 0.1) is 0 Å². The summed E-state index contributed by atoms with van der Waals surface area (Å²) in [5, 5.41) is 6.92. The van der Waals surface area contributed by atoms with Gasteiger partial charge in [-0.3, -0.25) is 9.89 Å². The summed E-state index contributed by atoms with van der Waals surface area (Å²) in [4.78, 5) is 18.4. The Morgan fingerprint density at radius 1 is 1.33 bits per heavy atom. The maximum Gasteiger partial charge on any atom is 0.293 e. The van der Waals surface area contributed by atoms with E-state index in [0.29, 0.717) is 5.82 Å². The highest BCUT2D eigenvalue weighted by molar-refractivity contribution is 7.99. The summed E-state index contributed by atoms with van der Waals surface area (Å²) < 4.78 is 0. The summed E-state index contributed by atoms with van der Waals surface area (Å²) in [5.41, 5.74) is -0.111. The standard InChI is InChI=1S/C12H20N4OS/c1-12(2,3)11-13-9(14-15-11)10(17)16-5-4-7-18-8-6-16/h4-8H2,1-3H3,(H,13,14,15). The van der Waals surface area contributed by atoms with Gasteiger partial charge in [-0.1, -0.05) is 20.8 Å². The lowest BCUT2D eigenvalue weighted by Crippen LogP contribution is -2.33. The Morgan fingerprint density at radius 2 is 2.11 bits per heavy atom. The van der Waals surface area contributed by atoms with E-state index in [1.165, 1.54) is 0 Å². The monoisotopic (exact) mass is 268 g/mol. The summed E-state index contributed by atoms with van der Waals surface area (Å²) in [7, 11) is 0. The predicted molar refractivity (Wildman–Crippen MR) is 72.9 cm³/mol. The molecule has 1 amide bonds. The van der Waals surface area contributed by atoms with Crippen molar-refractivity contribution >= 4 is 17.7 Å². The first-order valence-corrected chi connectivity index (χ1v) is 7.44. The largest absolute Gasteiger partial charge is 0.335 e. The lowest BCUT2D eigenvalue weighted by molar-refractivity contribution is 0.0756. The van der Waals surface area contributed by atoms with Gasteiger partial charge in [-0.05, 0) is 12.2 Å². The van der Waals surface area contributed by atoms with E-state index in [2.05, 4.69) is 15.2 Å². The summed E-state index contributed by atoms with van der Waals surface area (Å²) in [5.74, 6) is 3.14. The number of H-pyrrole nitrogens is 1. The minimum Gasteiger partial charge on any atom is -0.335 e. The number of rotatable bonds is 1. The Bertz CT molecular complexity index is 416. The van der Waals surface area contributed by atoms with Gasteiger partial charge in [0, 0.05) is 24.3 Å². The van der Waals surface area contributed by atoms with E-state index in [1.54, 1.807) is 0 Å². The maximum absolute atomic E-state index is 12.3. The molecule has 2 heterocycles. The summed E-state index contributed by atoms with van der Waals surface area (Å²) >= 11 is 1.90. The molecular formula is C12H20N4OS. The molecule has 1 aliphatic rings. The Kier molecular flexibility index (Phi) is 3.94. The molecule has 100 valence electrons. The van der Waals surface area contributed by atoms with Gasteiger partial charge in [0.2, 0.25) is 5.82 Å². The number of hydrogen-bond donors (Lipinski definition) is 1. The molecule has 1 aromatic heterocycles. The molecule has 1 aromatic rings. The fourth-order valence-electron chi connectivity index (χ4n) is 1.78. The molecule has 2 rings (SSSR count). The van der Waals surface area contributed by atoms with Crippen LogP contribution in [0.3, 0.4) is 0 Å². The van der Waals surface area contributed by atoms with Gasteiger partial charge in [0.25, 0.3) is 5.91 Å². The van der Waals surface area contributed by atoms with Gasteiger partial charge in [0.1, 0.15) is 5.82 Å². The zero-order valence-corrected chi connectivity index (χ0v) is 12.0.